The van der Waals surface area contributed by atoms with Crippen molar-refractivity contribution >= 4 is 9.84 Å². The zero-order chi connectivity index (χ0) is 13.9. The Kier molecular flexibility index (Phi) is 4.26. The van der Waals surface area contributed by atoms with Gasteiger partial charge in [-0.3, -0.25) is 0 Å². The Morgan fingerprint density at radius 2 is 1.95 bits per heavy atom. The maximum Gasteiger partial charge on any atom is 0.158 e. The van der Waals surface area contributed by atoms with Crippen molar-refractivity contribution in [1.82, 2.24) is 0 Å². The van der Waals surface area contributed by atoms with Crippen molar-refractivity contribution in [3.63, 3.8) is 0 Å². The van der Waals surface area contributed by atoms with Crippen molar-refractivity contribution in [3.8, 4) is 6.07 Å². The van der Waals surface area contributed by atoms with Gasteiger partial charge in [0.25, 0.3) is 0 Å². The lowest BCUT2D eigenvalue weighted by Crippen LogP contribution is -2.35. The minimum Gasteiger partial charge on any atom is -0.228 e. The van der Waals surface area contributed by atoms with E-state index in [-0.39, 0.29) is 11.7 Å². The first-order chi connectivity index (χ1) is 9.03. The summed E-state index contributed by atoms with van der Waals surface area (Å²) >= 11 is 0. The van der Waals surface area contributed by atoms with Crippen LogP contribution in [0.25, 0.3) is 0 Å². The van der Waals surface area contributed by atoms with Crippen LogP contribution in [0.2, 0.25) is 0 Å². The number of benzene rings is 1. The maximum absolute atomic E-state index is 12.5. The summed E-state index contributed by atoms with van der Waals surface area (Å²) in [6, 6.07) is 11.4. The Morgan fingerprint density at radius 3 is 2.58 bits per heavy atom. The SMILES string of the molecule is CC1CCC(C#N)C(S(=O)(=O)Cc2ccccc2)C1. The van der Waals surface area contributed by atoms with Crippen LogP contribution in [0.15, 0.2) is 30.3 Å². The monoisotopic (exact) mass is 277 g/mol. The molecule has 0 aliphatic heterocycles. The molecule has 4 heteroatoms. The summed E-state index contributed by atoms with van der Waals surface area (Å²) in [4.78, 5) is 0. The Labute approximate surface area is 115 Å². The van der Waals surface area contributed by atoms with Gasteiger partial charge < -0.3 is 0 Å². The summed E-state index contributed by atoms with van der Waals surface area (Å²) in [5, 5.41) is 8.66. The second kappa shape index (κ2) is 5.75. The highest BCUT2D eigenvalue weighted by molar-refractivity contribution is 7.91. The molecular weight excluding hydrogens is 258 g/mol. The molecule has 3 nitrogen and oxygen atoms in total. The third kappa shape index (κ3) is 3.36. The van der Waals surface area contributed by atoms with Crippen molar-refractivity contribution in [3.05, 3.63) is 35.9 Å². The summed E-state index contributed by atoms with van der Waals surface area (Å²) in [6.07, 6.45) is 2.28. The van der Waals surface area contributed by atoms with Gasteiger partial charge in [0.05, 0.1) is 23.0 Å². The van der Waals surface area contributed by atoms with Crippen LogP contribution in [-0.2, 0) is 15.6 Å². The average molecular weight is 277 g/mol. The molecule has 1 aromatic rings. The van der Waals surface area contributed by atoms with Gasteiger partial charge in [-0.15, -0.1) is 0 Å². The number of sulfone groups is 1. The molecule has 0 bridgehead atoms. The van der Waals surface area contributed by atoms with E-state index in [4.69, 9.17) is 5.26 Å². The molecule has 3 unspecified atom stereocenters. The van der Waals surface area contributed by atoms with Crippen LogP contribution in [0, 0.1) is 23.2 Å². The van der Waals surface area contributed by atoms with Crippen LogP contribution in [0.5, 0.6) is 0 Å². The lowest BCUT2D eigenvalue weighted by molar-refractivity contribution is 0.334. The lowest BCUT2D eigenvalue weighted by atomic mass is 9.83. The summed E-state index contributed by atoms with van der Waals surface area (Å²) in [5.41, 5.74) is 0.803. The van der Waals surface area contributed by atoms with Crippen molar-refractivity contribution in [2.75, 3.05) is 0 Å². The summed E-state index contributed by atoms with van der Waals surface area (Å²) in [5.74, 6) is 0.0914. The van der Waals surface area contributed by atoms with Crippen molar-refractivity contribution in [2.45, 2.75) is 37.2 Å². The number of nitriles is 1. The first-order valence-electron chi connectivity index (χ1n) is 6.68. The van der Waals surface area contributed by atoms with E-state index < -0.39 is 15.1 Å². The number of rotatable bonds is 3. The van der Waals surface area contributed by atoms with Gasteiger partial charge in [0.1, 0.15) is 0 Å². The first kappa shape index (κ1) is 14.1. The van der Waals surface area contributed by atoms with E-state index in [0.29, 0.717) is 18.8 Å². The topological polar surface area (TPSA) is 57.9 Å². The highest BCUT2D eigenvalue weighted by atomic mass is 32.2. The van der Waals surface area contributed by atoms with E-state index >= 15 is 0 Å². The van der Waals surface area contributed by atoms with Crippen LogP contribution in [0.3, 0.4) is 0 Å². The van der Waals surface area contributed by atoms with E-state index in [9.17, 15) is 8.42 Å². The van der Waals surface area contributed by atoms with Crippen molar-refractivity contribution in [1.29, 1.82) is 5.26 Å². The normalized spacial score (nSPS) is 27.7. The third-order valence-corrected chi connectivity index (χ3v) is 6.07. The standard InChI is InChI=1S/C15H19NO2S/c1-12-7-8-14(10-16)15(9-12)19(17,18)11-13-5-3-2-4-6-13/h2-6,12,14-15H,7-9,11H2,1H3. The number of hydrogen-bond acceptors (Lipinski definition) is 3. The van der Waals surface area contributed by atoms with Gasteiger partial charge in [-0.1, -0.05) is 37.3 Å². The van der Waals surface area contributed by atoms with Crippen molar-refractivity contribution < 1.29 is 8.42 Å². The fourth-order valence-electron chi connectivity index (χ4n) is 2.79. The zero-order valence-corrected chi connectivity index (χ0v) is 11.9. The molecule has 102 valence electrons. The third-order valence-electron chi connectivity index (χ3n) is 3.89. The molecule has 0 amide bonds. The van der Waals surface area contributed by atoms with E-state index in [1.54, 1.807) is 0 Å². The van der Waals surface area contributed by atoms with E-state index in [2.05, 4.69) is 13.0 Å². The number of nitrogens with zero attached hydrogens (tertiary/aromatic N) is 1. The van der Waals surface area contributed by atoms with E-state index in [1.165, 1.54) is 0 Å². The molecule has 0 radical (unpaired) electrons. The molecule has 0 saturated heterocycles. The summed E-state index contributed by atoms with van der Waals surface area (Å²) < 4.78 is 25.0. The maximum atomic E-state index is 12.5. The number of hydrogen-bond donors (Lipinski definition) is 0. The molecule has 0 spiro atoms. The lowest BCUT2D eigenvalue weighted by Gasteiger charge is -2.30. The molecule has 0 heterocycles. The molecule has 1 aliphatic rings. The van der Waals surface area contributed by atoms with Crippen LogP contribution < -0.4 is 0 Å². The smallest absolute Gasteiger partial charge is 0.158 e. The Bertz CT molecular complexity index is 560. The molecule has 0 aromatic heterocycles. The van der Waals surface area contributed by atoms with Crippen LogP contribution >= 0.6 is 0 Å². The van der Waals surface area contributed by atoms with Gasteiger partial charge in [0.2, 0.25) is 0 Å². The van der Waals surface area contributed by atoms with Gasteiger partial charge in [-0.05, 0) is 30.7 Å². The molecule has 2 rings (SSSR count). The van der Waals surface area contributed by atoms with Gasteiger partial charge in [-0.25, -0.2) is 8.42 Å². The first-order valence-corrected chi connectivity index (χ1v) is 8.39. The largest absolute Gasteiger partial charge is 0.228 e. The molecular formula is C15H19NO2S. The second-order valence-electron chi connectivity index (χ2n) is 5.49. The van der Waals surface area contributed by atoms with Crippen LogP contribution in [-0.4, -0.2) is 13.7 Å². The quantitative estimate of drug-likeness (QED) is 0.853. The molecule has 1 fully saturated rings. The van der Waals surface area contributed by atoms with E-state index in [0.717, 1.165) is 12.0 Å². The minimum atomic E-state index is -3.25. The van der Waals surface area contributed by atoms with E-state index in [1.807, 2.05) is 30.3 Å². The Balaban J connectivity index is 2.20. The second-order valence-corrected chi connectivity index (χ2v) is 7.70. The highest BCUT2D eigenvalue weighted by Crippen LogP contribution is 2.34. The summed E-state index contributed by atoms with van der Waals surface area (Å²) in [6.45, 7) is 2.07. The van der Waals surface area contributed by atoms with Gasteiger partial charge >= 0.3 is 0 Å². The highest BCUT2D eigenvalue weighted by Gasteiger charge is 2.37. The van der Waals surface area contributed by atoms with Gasteiger partial charge in [0.15, 0.2) is 9.84 Å². The average Bonchev–Trinajstić information content (AvgIpc) is 2.39. The Hall–Kier alpha value is -1.34. The fraction of sp³-hybridized carbons (Fsp3) is 0.533. The molecule has 19 heavy (non-hydrogen) atoms. The molecule has 3 atom stereocenters. The molecule has 1 aromatic carbocycles. The van der Waals surface area contributed by atoms with Crippen molar-refractivity contribution in [2.24, 2.45) is 11.8 Å². The molecule has 1 saturated carbocycles. The van der Waals surface area contributed by atoms with Crippen LogP contribution in [0.4, 0.5) is 0 Å². The predicted molar refractivity (Wildman–Crippen MR) is 75.0 cm³/mol. The predicted octanol–water partition coefficient (Wildman–Crippen LogP) is 2.93. The minimum absolute atomic E-state index is 0.0450. The molecule has 0 N–H and O–H groups in total. The van der Waals surface area contributed by atoms with Gasteiger partial charge in [-0.2, -0.15) is 5.26 Å². The van der Waals surface area contributed by atoms with Crippen LogP contribution in [0.1, 0.15) is 31.7 Å². The fourth-order valence-corrected chi connectivity index (χ4v) is 4.98. The zero-order valence-electron chi connectivity index (χ0n) is 11.1. The molecule has 1 aliphatic carbocycles. The van der Waals surface area contributed by atoms with Gasteiger partial charge in [0, 0.05) is 0 Å². The Morgan fingerprint density at radius 1 is 1.26 bits per heavy atom. The summed E-state index contributed by atoms with van der Waals surface area (Å²) in [7, 11) is -3.25.